The van der Waals surface area contributed by atoms with E-state index in [9.17, 15) is 14.8 Å². The Bertz CT molecular complexity index is 562. The Labute approximate surface area is 125 Å². The maximum atomic E-state index is 11.6. The molecule has 1 N–H and O–H groups in total. The van der Waals surface area contributed by atoms with Gasteiger partial charge in [0.05, 0.1) is 29.5 Å². The highest BCUT2D eigenvalue weighted by Crippen LogP contribution is 2.16. The number of carboxylic acid groups (broad SMARTS) is 1. The molecule has 1 aliphatic heterocycles. The van der Waals surface area contributed by atoms with Gasteiger partial charge in [-0.25, -0.2) is 4.79 Å². The first-order valence-corrected chi connectivity index (χ1v) is 6.58. The molecule has 0 aromatic heterocycles. The first-order chi connectivity index (χ1) is 10.6. The summed E-state index contributed by atoms with van der Waals surface area (Å²) in [4.78, 5) is 27.1. The van der Waals surface area contributed by atoms with Crippen LogP contribution in [0.3, 0.4) is 0 Å². The molecule has 118 valence electrons. The average Bonchev–Trinajstić information content (AvgIpc) is 3.02. The number of aliphatic carboxylic acids is 1. The number of ether oxygens (including phenoxy) is 1. The molecule has 1 aliphatic rings. The van der Waals surface area contributed by atoms with Gasteiger partial charge >= 0.3 is 11.9 Å². The van der Waals surface area contributed by atoms with Crippen LogP contribution in [0.2, 0.25) is 0 Å². The molecule has 9 nitrogen and oxygen atoms in total. The number of benzene rings is 1. The third kappa shape index (κ3) is 4.08. The molecule has 0 aliphatic carbocycles. The first-order valence-electron chi connectivity index (χ1n) is 6.58. The van der Waals surface area contributed by atoms with E-state index in [2.05, 4.69) is 10.1 Å². The molecule has 0 radical (unpaired) electrons. The predicted molar refractivity (Wildman–Crippen MR) is 71.2 cm³/mol. The predicted octanol–water partition coefficient (Wildman–Crippen LogP) is 1.02. The summed E-state index contributed by atoms with van der Waals surface area (Å²) in [5.41, 5.74) is 0.355. The Balaban J connectivity index is 1.73. The molecule has 1 aromatic carbocycles. The molecule has 2 rings (SSSR count). The number of hydrogen-bond acceptors (Lipinski definition) is 6. The van der Waals surface area contributed by atoms with E-state index in [0.29, 0.717) is 12.0 Å². The second kappa shape index (κ2) is 7.25. The Kier molecular flexibility index (Phi) is 5.12. The van der Waals surface area contributed by atoms with Crippen molar-refractivity contribution < 1.29 is 29.2 Å². The van der Waals surface area contributed by atoms with Crippen LogP contribution >= 0.6 is 0 Å². The van der Waals surface area contributed by atoms with Crippen molar-refractivity contribution in [2.75, 3.05) is 19.9 Å². The van der Waals surface area contributed by atoms with Crippen molar-refractivity contribution in [2.24, 2.45) is 11.2 Å². The van der Waals surface area contributed by atoms with Crippen molar-refractivity contribution in [3.63, 3.8) is 0 Å². The van der Waals surface area contributed by atoms with E-state index in [-0.39, 0.29) is 18.1 Å². The van der Waals surface area contributed by atoms with E-state index in [0.717, 1.165) is 0 Å². The van der Waals surface area contributed by atoms with Gasteiger partial charge in [-0.1, -0.05) is 18.2 Å². The average molecular weight is 309 g/mol. The Hall–Kier alpha value is -2.84. The molecule has 1 atom stereocenters. The zero-order valence-corrected chi connectivity index (χ0v) is 11.6. The zero-order chi connectivity index (χ0) is 15.9. The highest BCUT2D eigenvalue weighted by molar-refractivity contribution is 5.89. The van der Waals surface area contributed by atoms with Gasteiger partial charge in [-0.3, -0.25) is 4.79 Å². The van der Waals surface area contributed by atoms with Gasteiger partial charge in [0.25, 0.3) is 6.79 Å². The van der Waals surface area contributed by atoms with E-state index in [1.165, 1.54) is 5.01 Å². The van der Waals surface area contributed by atoms with Gasteiger partial charge in [-0.15, -0.1) is 5.01 Å². The van der Waals surface area contributed by atoms with Crippen LogP contribution in [-0.2, 0) is 14.4 Å². The van der Waals surface area contributed by atoms with Crippen molar-refractivity contribution in [1.29, 1.82) is 0 Å². The molecule has 0 saturated carbocycles. The lowest BCUT2D eigenvalue weighted by Gasteiger charge is -2.10. The number of hydrogen-bond donors (Lipinski definition) is 1. The lowest BCUT2D eigenvalue weighted by atomic mass is 10.1. The second-order valence-electron chi connectivity index (χ2n) is 4.62. The fraction of sp³-hybridized carbons (Fsp3) is 0.385. The Morgan fingerprint density at radius 2 is 2.14 bits per heavy atom. The Morgan fingerprint density at radius 3 is 2.77 bits per heavy atom. The van der Waals surface area contributed by atoms with Crippen LogP contribution in [0, 0.1) is 11.1 Å². The summed E-state index contributed by atoms with van der Waals surface area (Å²) in [7, 11) is 0. The lowest BCUT2D eigenvalue weighted by molar-refractivity contribution is -0.708. The molecule has 9 heteroatoms. The highest BCUT2D eigenvalue weighted by atomic mass is 16.8. The van der Waals surface area contributed by atoms with Crippen molar-refractivity contribution in [3.05, 3.63) is 41.1 Å². The topological polar surface area (TPSA) is 114 Å². The van der Waals surface area contributed by atoms with Crippen LogP contribution in [0.25, 0.3) is 0 Å². The smallest absolute Gasteiger partial charge is 0.341 e. The number of esters is 1. The van der Waals surface area contributed by atoms with Crippen LogP contribution in [0.5, 0.6) is 0 Å². The van der Waals surface area contributed by atoms with E-state index in [1.54, 1.807) is 30.3 Å². The molecule has 1 aromatic rings. The number of hydrazine groups is 1. The van der Waals surface area contributed by atoms with Crippen molar-refractivity contribution in [3.8, 4) is 0 Å². The van der Waals surface area contributed by atoms with Gasteiger partial charge in [0, 0.05) is 0 Å². The summed E-state index contributed by atoms with van der Waals surface area (Å²) >= 11 is 0. The molecular formula is C13H15N3O6. The minimum Gasteiger partial charge on any atom is -0.569 e. The molecule has 0 amide bonds. The maximum Gasteiger partial charge on any atom is 0.341 e. The summed E-state index contributed by atoms with van der Waals surface area (Å²) in [5, 5.41) is 24.8. The summed E-state index contributed by atoms with van der Waals surface area (Å²) in [6.07, 6.45) is 0.368. The molecule has 1 heterocycles. The SMILES string of the molecule is O=C(OCON=[N+]([O-])N1CCC(C(=O)O)C1)c1ccccc1. The first kappa shape index (κ1) is 15.5. The number of nitrogens with zero attached hydrogens (tertiary/aromatic N) is 3. The molecule has 22 heavy (non-hydrogen) atoms. The van der Waals surface area contributed by atoms with Gasteiger partial charge in [0.1, 0.15) is 0 Å². The van der Waals surface area contributed by atoms with Gasteiger partial charge < -0.3 is 19.9 Å². The van der Waals surface area contributed by atoms with Gasteiger partial charge in [0.2, 0.25) is 5.28 Å². The molecule has 1 saturated heterocycles. The van der Waals surface area contributed by atoms with E-state index in [1.807, 2.05) is 0 Å². The third-order valence-corrected chi connectivity index (χ3v) is 3.14. The van der Waals surface area contributed by atoms with E-state index < -0.39 is 24.6 Å². The second-order valence-corrected chi connectivity index (χ2v) is 4.62. The monoisotopic (exact) mass is 309 g/mol. The summed E-state index contributed by atoms with van der Waals surface area (Å²) < 4.78 is 4.77. The summed E-state index contributed by atoms with van der Waals surface area (Å²) in [5.74, 6) is -2.14. The minimum absolute atomic E-state index is 0.0650. The van der Waals surface area contributed by atoms with E-state index >= 15 is 0 Å². The van der Waals surface area contributed by atoms with Crippen LogP contribution in [-0.4, -0.2) is 46.9 Å². The number of carbonyl (C=O) groups is 2. The normalized spacial score (nSPS) is 18.1. The largest absolute Gasteiger partial charge is 0.569 e. The molecular weight excluding hydrogens is 294 g/mol. The van der Waals surface area contributed by atoms with E-state index in [4.69, 9.17) is 9.84 Å². The molecule has 1 unspecified atom stereocenters. The molecule has 1 fully saturated rings. The molecule has 0 bridgehead atoms. The van der Waals surface area contributed by atoms with Crippen molar-refractivity contribution >= 4 is 11.9 Å². The van der Waals surface area contributed by atoms with Crippen LogP contribution < -0.4 is 0 Å². The molecule has 0 spiro atoms. The van der Waals surface area contributed by atoms with Crippen molar-refractivity contribution in [1.82, 2.24) is 5.01 Å². The number of carboxylic acids is 1. The van der Waals surface area contributed by atoms with Crippen LogP contribution in [0.4, 0.5) is 0 Å². The highest BCUT2D eigenvalue weighted by Gasteiger charge is 2.32. The maximum absolute atomic E-state index is 11.6. The number of carbonyl (C=O) groups excluding carboxylic acids is 1. The van der Waals surface area contributed by atoms with Crippen LogP contribution in [0.15, 0.2) is 35.6 Å². The fourth-order valence-corrected chi connectivity index (χ4v) is 1.96. The fourth-order valence-electron chi connectivity index (χ4n) is 1.96. The van der Waals surface area contributed by atoms with Gasteiger partial charge in [-0.2, -0.15) is 0 Å². The summed E-state index contributed by atoms with van der Waals surface area (Å²) in [6, 6.07) is 8.30. The summed E-state index contributed by atoms with van der Waals surface area (Å²) in [6.45, 7) is -0.171. The van der Waals surface area contributed by atoms with Crippen LogP contribution in [0.1, 0.15) is 16.8 Å². The number of rotatable bonds is 6. The standard InChI is InChI=1S/C13H15N3O6/c17-12(18)11-6-7-15(8-11)16(20)14-22-9-21-13(19)10-4-2-1-3-5-10/h1-5,11H,6-9H2,(H,17,18). The minimum atomic E-state index is -0.950. The van der Waals surface area contributed by atoms with Crippen molar-refractivity contribution in [2.45, 2.75) is 6.42 Å². The van der Waals surface area contributed by atoms with Gasteiger partial charge in [0.15, 0.2) is 0 Å². The van der Waals surface area contributed by atoms with Gasteiger partial charge in [-0.05, 0) is 18.6 Å². The zero-order valence-electron chi connectivity index (χ0n) is 11.6. The quantitative estimate of drug-likeness (QED) is 0.208. The third-order valence-electron chi connectivity index (χ3n) is 3.14. The lowest BCUT2D eigenvalue weighted by Crippen LogP contribution is -2.29. The Morgan fingerprint density at radius 1 is 1.41 bits per heavy atom.